The van der Waals surface area contributed by atoms with Gasteiger partial charge >= 0.3 is 5.97 Å². The zero-order chi connectivity index (χ0) is 13.1. The first-order chi connectivity index (χ1) is 8.56. The van der Waals surface area contributed by atoms with E-state index in [9.17, 15) is 9.59 Å². The Labute approximate surface area is 105 Å². The molecule has 5 nitrogen and oxygen atoms in total. The number of nitrogens with two attached hydrogens (primary N) is 1. The van der Waals surface area contributed by atoms with Crippen LogP contribution in [-0.2, 0) is 4.79 Å². The van der Waals surface area contributed by atoms with Crippen molar-refractivity contribution in [2.45, 2.75) is 25.3 Å². The van der Waals surface area contributed by atoms with E-state index in [0.717, 1.165) is 6.42 Å². The maximum absolute atomic E-state index is 11.9. The summed E-state index contributed by atoms with van der Waals surface area (Å²) in [6.07, 6.45) is 1.86. The molecule has 0 spiro atoms. The lowest BCUT2D eigenvalue weighted by atomic mass is 10.1. The average molecular weight is 248 g/mol. The molecule has 0 saturated heterocycles. The summed E-state index contributed by atoms with van der Waals surface area (Å²) in [5.41, 5.74) is 6.70. The molecule has 1 aromatic carbocycles. The first-order valence-corrected chi connectivity index (χ1v) is 5.95. The molecular weight excluding hydrogens is 232 g/mol. The van der Waals surface area contributed by atoms with Crippen molar-refractivity contribution in [1.82, 2.24) is 5.32 Å². The fraction of sp³-hybridized carbons (Fsp3) is 0.385. The van der Waals surface area contributed by atoms with E-state index in [2.05, 4.69) is 5.32 Å². The fourth-order valence-corrected chi connectivity index (χ4v) is 2.24. The summed E-state index contributed by atoms with van der Waals surface area (Å²) in [4.78, 5) is 22.7. The number of carbonyl (C=O) groups excluding carboxylic acids is 1. The third kappa shape index (κ3) is 2.80. The number of benzene rings is 1. The van der Waals surface area contributed by atoms with E-state index >= 15 is 0 Å². The molecule has 1 saturated carbocycles. The van der Waals surface area contributed by atoms with Gasteiger partial charge in [0.15, 0.2) is 0 Å². The molecule has 0 radical (unpaired) electrons. The van der Waals surface area contributed by atoms with E-state index in [1.807, 2.05) is 0 Å². The van der Waals surface area contributed by atoms with Gasteiger partial charge in [0.05, 0.1) is 5.92 Å². The van der Waals surface area contributed by atoms with Gasteiger partial charge in [-0.1, -0.05) is 0 Å². The monoisotopic (exact) mass is 248 g/mol. The van der Waals surface area contributed by atoms with Gasteiger partial charge < -0.3 is 16.2 Å². The van der Waals surface area contributed by atoms with Crippen LogP contribution in [0, 0.1) is 5.92 Å². The van der Waals surface area contributed by atoms with Gasteiger partial charge in [-0.15, -0.1) is 0 Å². The number of rotatable bonds is 3. The summed E-state index contributed by atoms with van der Waals surface area (Å²) in [5, 5.41) is 11.7. The highest BCUT2D eigenvalue weighted by atomic mass is 16.4. The molecule has 0 bridgehead atoms. The van der Waals surface area contributed by atoms with Crippen LogP contribution in [-0.4, -0.2) is 23.0 Å². The molecule has 1 fully saturated rings. The average Bonchev–Trinajstić information content (AvgIpc) is 2.78. The van der Waals surface area contributed by atoms with Gasteiger partial charge in [0, 0.05) is 17.3 Å². The van der Waals surface area contributed by atoms with Crippen LogP contribution in [0.5, 0.6) is 0 Å². The first-order valence-electron chi connectivity index (χ1n) is 5.95. The number of aliphatic carboxylic acids is 1. The lowest BCUT2D eigenvalue weighted by molar-refractivity contribution is -0.141. The summed E-state index contributed by atoms with van der Waals surface area (Å²) >= 11 is 0. The predicted molar refractivity (Wildman–Crippen MR) is 67.1 cm³/mol. The van der Waals surface area contributed by atoms with Crippen LogP contribution in [0.4, 0.5) is 5.69 Å². The van der Waals surface area contributed by atoms with E-state index in [0.29, 0.717) is 24.1 Å². The summed E-state index contributed by atoms with van der Waals surface area (Å²) in [5.74, 6) is -1.29. The molecule has 1 aliphatic rings. The van der Waals surface area contributed by atoms with Crippen LogP contribution in [0.2, 0.25) is 0 Å². The zero-order valence-corrected chi connectivity index (χ0v) is 9.93. The number of carboxylic acid groups (broad SMARTS) is 1. The Hall–Kier alpha value is -2.04. The zero-order valence-electron chi connectivity index (χ0n) is 9.93. The van der Waals surface area contributed by atoms with Crippen molar-refractivity contribution in [1.29, 1.82) is 0 Å². The molecule has 4 N–H and O–H groups in total. The van der Waals surface area contributed by atoms with Gasteiger partial charge in [-0.2, -0.15) is 0 Å². The number of hydrogen-bond acceptors (Lipinski definition) is 3. The van der Waals surface area contributed by atoms with Crippen molar-refractivity contribution < 1.29 is 14.7 Å². The highest BCUT2D eigenvalue weighted by molar-refractivity contribution is 5.94. The van der Waals surface area contributed by atoms with Gasteiger partial charge in [0.1, 0.15) is 0 Å². The molecule has 0 aliphatic heterocycles. The number of carbonyl (C=O) groups is 2. The SMILES string of the molecule is Nc1ccc(C(=O)N[C@H]2CC[C@@H](C(=O)O)C2)cc1. The number of carboxylic acids is 1. The summed E-state index contributed by atoms with van der Waals surface area (Å²) in [6, 6.07) is 6.62. The molecule has 96 valence electrons. The Morgan fingerprint density at radius 2 is 1.89 bits per heavy atom. The maximum atomic E-state index is 11.9. The Morgan fingerprint density at radius 1 is 1.22 bits per heavy atom. The summed E-state index contributed by atoms with van der Waals surface area (Å²) in [6.45, 7) is 0. The third-order valence-electron chi connectivity index (χ3n) is 3.29. The Balaban J connectivity index is 1.92. The molecule has 2 rings (SSSR count). The summed E-state index contributed by atoms with van der Waals surface area (Å²) < 4.78 is 0. The van der Waals surface area contributed by atoms with E-state index in [-0.39, 0.29) is 17.9 Å². The number of nitrogen functional groups attached to an aromatic ring is 1. The lowest BCUT2D eigenvalue weighted by Gasteiger charge is -2.12. The van der Waals surface area contributed by atoms with Crippen LogP contribution >= 0.6 is 0 Å². The Morgan fingerprint density at radius 3 is 2.44 bits per heavy atom. The minimum atomic E-state index is -0.778. The molecular formula is C13H16N2O3. The fourth-order valence-electron chi connectivity index (χ4n) is 2.24. The second kappa shape index (κ2) is 5.08. The highest BCUT2D eigenvalue weighted by Gasteiger charge is 2.30. The second-order valence-corrected chi connectivity index (χ2v) is 4.64. The molecule has 0 heterocycles. The molecule has 18 heavy (non-hydrogen) atoms. The number of amides is 1. The molecule has 2 atom stereocenters. The van der Waals surface area contributed by atoms with Gasteiger partial charge in [0.2, 0.25) is 0 Å². The largest absolute Gasteiger partial charge is 0.481 e. The maximum Gasteiger partial charge on any atom is 0.306 e. The number of anilines is 1. The van der Waals surface area contributed by atoms with Crippen LogP contribution in [0.3, 0.4) is 0 Å². The smallest absolute Gasteiger partial charge is 0.306 e. The molecule has 1 amide bonds. The molecule has 1 aromatic rings. The van der Waals surface area contributed by atoms with Gasteiger partial charge in [-0.3, -0.25) is 9.59 Å². The van der Waals surface area contributed by atoms with Crippen LogP contribution in [0.25, 0.3) is 0 Å². The van der Waals surface area contributed by atoms with Crippen molar-refractivity contribution in [2.75, 3.05) is 5.73 Å². The third-order valence-corrected chi connectivity index (χ3v) is 3.29. The first kappa shape index (κ1) is 12.4. The molecule has 1 aliphatic carbocycles. The predicted octanol–water partition coefficient (Wildman–Crippen LogP) is 1.25. The van der Waals surface area contributed by atoms with E-state index in [1.54, 1.807) is 24.3 Å². The van der Waals surface area contributed by atoms with Crippen molar-refractivity contribution >= 4 is 17.6 Å². The van der Waals surface area contributed by atoms with Crippen LogP contribution in [0.15, 0.2) is 24.3 Å². The quantitative estimate of drug-likeness (QED) is 0.702. The lowest BCUT2D eigenvalue weighted by Crippen LogP contribution is -2.33. The second-order valence-electron chi connectivity index (χ2n) is 4.64. The standard InChI is InChI=1S/C13H16N2O3/c14-10-4-1-8(2-5-10)12(16)15-11-6-3-9(7-11)13(17)18/h1-2,4-5,9,11H,3,6-7,14H2,(H,15,16)(H,17,18)/t9-,11+/m1/s1. The van der Waals surface area contributed by atoms with Gasteiger partial charge in [0.25, 0.3) is 5.91 Å². The van der Waals surface area contributed by atoms with Crippen LogP contribution in [0.1, 0.15) is 29.6 Å². The van der Waals surface area contributed by atoms with E-state index in [4.69, 9.17) is 10.8 Å². The van der Waals surface area contributed by atoms with Crippen LogP contribution < -0.4 is 11.1 Å². The van der Waals surface area contributed by atoms with E-state index in [1.165, 1.54) is 0 Å². The van der Waals surface area contributed by atoms with Gasteiger partial charge in [-0.05, 0) is 43.5 Å². The van der Waals surface area contributed by atoms with Crippen molar-refractivity contribution in [3.05, 3.63) is 29.8 Å². The van der Waals surface area contributed by atoms with Crippen molar-refractivity contribution in [2.24, 2.45) is 5.92 Å². The number of hydrogen-bond donors (Lipinski definition) is 3. The van der Waals surface area contributed by atoms with Gasteiger partial charge in [-0.25, -0.2) is 0 Å². The van der Waals surface area contributed by atoms with Crippen molar-refractivity contribution in [3.8, 4) is 0 Å². The van der Waals surface area contributed by atoms with Crippen molar-refractivity contribution in [3.63, 3.8) is 0 Å². The minimum Gasteiger partial charge on any atom is -0.481 e. The number of nitrogens with one attached hydrogen (secondary N) is 1. The Bertz CT molecular complexity index is 456. The summed E-state index contributed by atoms with van der Waals surface area (Å²) in [7, 11) is 0. The van der Waals surface area contributed by atoms with E-state index < -0.39 is 5.97 Å². The Kier molecular flexibility index (Phi) is 3.50. The highest BCUT2D eigenvalue weighted by Crippen LogP contribution is 2.25. The molecule has 5 heteroatoms. The molecule has 0 aromatic heterocycles. The molecule has 0 unspecified atom stereocenters. The normalized spacial score (nSPS) is 22.7. The topological polar surface area (TPSA) is 92.4 Å². The minimum absolute atomic E-state index is 0.0452.